The van der Waals surface area contributed by atoms with Crippen LogP contribution in [-0.2, 0) is 0 Å². The van der Waals surface area contributed by atoms with Gasteiger partial charge in [-0.2, -0.15) is 0 Å². The number of hydrazine groups is 1. The monoisotopic (exact) mass is 374 g/mol. The summed E-state index contributed by atoms with van der Waals surface area (Å²) in [6.45, 7) is 2.02. The minimum Gasteiger partial charge on any atom is -0.362 e. The highest BCUT2D eigenvalue weighted by atomic mass is 79.9. The summed E-state index contributed by atoms with van der Waals surface area (Å²) in [5.74, 6) is 6.26. The summed E-state index contributed by atoms with van der Waals surface area (Å²) in [5.41, 5.74) is 3.54. The van der Waals surface area contributed by atoms with E-state index in [1.807, 2.05) is 31.2 Å². The van der Waals surface area contributed by atoms with E-state index in [1.54, 1.807) is 6.07 Å². The fraction of sp³-hybridized carbons (Fsp3) is 0.154. The van der Waals surface area contributed by atoms with E-state index < -0.39 is 0 Å². The number of nitrogen functional groups attached to an aromatic ring is 1. The van der Waals surface area contributed by atoms with Gasteiger partial charge in [-0.15, -0.1) is 0 Å². The van der Waals surface area contributed by atoms with Crippen molar-refractivity contribution < 1.29 is 0 Å². The summed E-state index contributed by atoms with van der Waals surface area (Å²) < 4.78 is 1.02. The minimum atomic E-state index is 0.0318. The number of pyridine rings is 1. The molecular formula is C13H13BrCl2N4. The number of anilines is 2. The predicted molar refractivity (Wildman–Crippen MR) is 88.2 cm³/mol. The van der Waals surface area contributed by atoms with Crippen molar-refractivity contribution in [2.24, 2.45) is 5.84 Å². The van der Waals surface area contributed by atoms with Gasteiger partial charge >= 0.3 is 0 Å². The van der Waals surface area contributed by atoms with E-state index in [0.717, 1.165) is 10.0 Å². The zero-order valence-corrected chi connectivity index (χ0v) is 13.7. The summed E-state index contributed by atoms with van der Waals surface area (Å²) in [6, 6.07) is 9.63. The molecule has 0 saturated heterocycles. The molecule has 7 heteroatoms. The lowest BCUT2D eigenvalue weighted by Crippen LogP contribution is -2.13. The molecular weight excluding hydrogens is 363 g/mol. The SMILES string of the molecule is CC(Nc1nc(NN)c(Cl)cc1Cl)c1cccc(Br)c1. The van der Waals surface area contributed by atoms with Crippen LogP contribution in [0.15, 0.2) is 34.8 Å². The number of nitrogens with two attached hydrogens (primary N) is 1. The molecule has 0 fully saturated rings. The molecule has 2 aromatic rings. The molecule has 0 bridgehead atoms. The Labute approximate surface area is 135 Å². The first-order valence-electron chi connectivity index (χ1n) is 5.86. The van der Waals surface area contributed by atoms with Gasteiger partial charge in [-0.3, -0.25) is 0 Å². The van der Waals surface area contributed by atoms with Gasteiger partial charge in [-0.1, -0.05) is 51.3 Å². The molecule has 0 amide bonds. The van der Waals surface area contributed by atoms with Crippen LogP contribution in [0.4, 0.5) is 11.6 Å². The van der Waals surface area contributed by atoms with Crippen LogP contribution >= 0.6 is 39.1 Å². The first-order valence-corrected chi connectivity index (χ1v) is 7.41. The van der Waals surface area contributed by atoms with Crippen LogP contribution in [0.25, 0.3) is 0 Å². The molecule has 2 rings (SSSR count). The second kappa shape index (κ2) is 6.63. The Balaban J connectivity index is 2.25. The first kappa shape index (κ1) is 15.4. The van der Waals surface area contributed by atoms with E-state index in [9.17, 15) is 0 Å². The fourth-order valence-electron chi connectivity index (χ4n) is 1.73. The molecule has 0 aliphatic rings. The van der Waals surface area contributed by atoms with Gasteiger partial charge in [-0.05, 0) is 30.7 Å². The number of aromatic nitrogens is 1. The molecule has 0 saturated carbocycles. The Bertz CT molecular complexity index is 621. The Morgan fingerprint density at radius 1 is 1.20 bits per heavy atom. The van der Waals surface area contributed by atoms with E-state index >= 15 is 0 Å². The fourth-order valence-corrected chi connectivity index (χ4v) is 2.62. The standard InChI is InChI=1S/C13H13BrCl2N4/c1-7(8-3-2-4-9(14)5-8)18-12-10(15)6-11(16)13(19-12)20-17/h2-7H,17H2,1H3,(H2,18,19,20). The summed E-state index contributed by atoms with van der Waals surface area (Å²) in [4.78, 5) is 4.26. The largest absolute Gasteiger partial charge is 0.362 e. The van der Waals surface area contributed by atoms with E-state index in [0.29, 0.717) is 21.7 Å². The first-order chi connectivity index (χ1) is 9.51. The van der Waals surface area contributed by atoms with Gasteiger partial charge in [0, 0.05) is 4.47 Å². The summed E-state index contributed by atoms with van der Waals surface area (Å²) in [5, 5.41) is 4.05. The molecule has 106 valence electrons. The van der Waals surface area contributed by atoms with E-state index in [2.05, 4.69) is 31.7 Å². The van der Waals surface area contributed by atoms with Gasteiger partial charge in [0.2, 0.25) is 0 Å². The molecule has 1 unspecified atom stereocenters. The highest BCUT2D eigenvalue weighted by Gasteiger charge is 2.12. The molecule has 1 atom stereocenters. The van der Waals surface area contributed by atoms with Gasteiger partial charge in [0.1, 0.15) is 5.82 Å². The number of nitrogens with one attached hydrogen (secondary N) is 2. The molecule has 4 nitrogen and oxygen atoms in total. The summed E-state index contributed by atoms with van der Waals surface area (Å²) in [6.07, 6.45) is 0. The topological polar surface area (TPSA) is 63.0 Å². The quantitative estimate of drug-likeness (QED) is 0.539. The molecule has 0 radical (unpaired) electrons. The van der Waals surface area contributed by atoms with Crippen molar-refractivity contribution in [3.05, 3.63) is 50.4 Å². The highest BCUT2D eigenvalue weighted by Crippen LogP contribution is 2.31. The maximum Gasteiger partial charge on any atom is 0.161 e. The van der Waals surface area contributed by atoms with E-state index in [4.69, 9.17) is 29.0 Å². The number of halogens is 3. The molecule has 4 N–H and O–H groups in total. The maximum atomic E-state index is 6.13. The third-order valence-corrected chi connectivity index (χ3v) is 3.84. The molecule has 0 aliphatic carbocycles. The molecule has 1 heterocycles. The van der Waals surface area contributed by atoms with Crippen LogP contribution in [0.1, 0.15) is 18.5 Å². The van der Waals surface area contributed by atoms with Crippen molar-refractivity contribution in [3.8, 4) is 0 Å². The number of rotatable bonds is 4. The zero-order valence-electron chi connectivity index (χ0n) is 10.6. The van der Waals surface area contributed by atoms with Crippen LogP contribution in [0, 0.1) is 0 Å². The van der Waals surface area contributed by atoms with Gasteiger partial charge in [0.05, 0.1) is 16.1 Å². The molecule has 0 aliphatic heterocycles. The zero-order chi connectivity index (χ0) is 14.7. The number of nitrogens with zero attached hydrogens (tertiary/aromatic N) is 1. The van der Waals surface area contributed by atoms with Crippen LogP contribution in [0.5, 0.6) is 0 Å². The van der Waals surface area contributed by atoms with E-state index in [-0.39, 0.29) is 6.04 Å². The Morgan fingerprint density at radius 2 is 1.90 bits per heavy atom. The van der Waals surface area contributed by atoms with Crippen molar-refractivity contribution in [3.63, 3.8) is 0 Å². The van der Waals surface area contributed by atoms with Crippen molar-refractivity contribution in [2.75, 3.05) is 10.7 Å². The molecule has 1 aromatic heterocycles. The van der Waals surface area contributed by atoms with Crippen molar-refractivity contribution >= 4 is 50.8 Å². The van der Waals surface area contributed by atoms with Crippen LogP contribution in [0.3, 0.4) is 0 Å². The Morgan fingerprint density at radius 3 is 2.55 bits per heavy atom. The molecule has 1 aromatic carbocycles. The average molecular weight is 376 g/mol. The smallest absolute Gasteiger partial charge is 0.161 e. The van der Waals surface area contributed by atoms with Crippen LogP contribution in [-0.4, -0.2) is 4.98 Å². The van der Waals surface area contributed by atoms with Crippen molar-refractivity contribution in [2.45, 2.75) is 13.0 Å². The summed E-state index contributed by atoms with van der Waals surface area (Å²) in [7, 11) is 0. The Hall–Kier alpha value is -1.01. The third kappa shape index (κ3) is 3.55. The molecule has 20 heavy (non-hydrogen) atoms. The second-order valence-corrected chi connectivity index (χ2v) is 5.94. The van der Waals surface area contributed by atoms with Gasteiger partial charge in [0.25, 0.3) is 0 Å². The van der Waals surface area contributed by atoms with Gasteiger partial charge in [0.15, 0.2) is 5.82 Å². The van der Waals surface area contributed by atoms with Crippen LogP contribution in [0.2, 0.25) is 10.0 Å². The summed E-state index contributed by atoms with van der Waals surface area (Å²) >= 11 is 15.5. The van der Waals surface area contributed by atoms with Gasteiger partial charge < -0.3 is 10.7 Å². The normalized spacial score (nSPS) is 12.1. The van der Waals surface area contributed by atoms with E-state index in [1.165, 1.54) is 0 Å². The second-order valence-electron chi connectivity index (χ2n) is 4.21. The lowest BCUT2D eigenvalue weighted by atomic mass is 10.1. The van der Waals surface area contributed by atoms with Crippen molar-refractivity contribution in [1.29, 1.82) is 0 Å². The lowest BCUT2D eigenvalue weighted by Gasteiger charge is -2.17. The highest BCUT2D eigenvalue weighted by molar-refractivity contribution is 9.10. The lowest BCUT2D eigenvalue weighted by molar-refractivity contribution is 0.874. The van der Waals surface area contributed by atoms with Crippen molar-refractivity contribution in [1.82, 2.24) is 4.98 Å². The molecule has 0 spiro atoms. The Kier molecular flexibility index (Phi) is 5.10. The number of hydrogen-bond acceptors (Lipinski definition) is 4. The van der Waals surface area contributed by atoms with Crippen LogP contribution < -0.4 is 16.6 Å². The van der Waals surface area contributed by atoms with Gasteiger partial charge in [-0.25, -0.2) is 10.8 Å². The predicted octanol–water partition coefficient (Wildman–Crippen LogP) is 4.61. The maximum absolute atomic E-state index is 6.13. The average Bonchev–Trinajstić information content (AvgIpc) is 2.41. The minimum absolute atomic E-state index is 0.0318. The number of benzene rings is 1. The third-order valence-electron chi connectivity index (χ3n) is 2.77. The number of hydrogen-bond donors (Lipinski definition) is 3.